The monoisotopic (exact) mass is 179 g/mol. The van der Waals surface area contributed by atoms with Crippen molar-refractivity contribution in [3.8, 4) is 0 Å². The molecule has 2 rings (SSSR count). The number of nitrogens with one attached hydrogen (secondary N) is 1. The summed E-state index contributed by atoms with van der Waals surface area (Å²) in [5.74, 6) is 0.399. The molecule has 3 N–H and O–H groups in total. The van der Waals surface area contributed by atoms with Gasteiger partial charge in [0.25, 0.3) is 0 Å². The Morgan fingerprint density at radius 1 is 1.54 bits per heavy atom. The Labute approximate surface area is 74.8 Å². The molecule has 1 aromatic carbocycles. The van der Waals surface area contributed by atoms with Gasteiger partial charge in [-0.3, -0.25) is 0 Å². The SMILES string of the molecule is C[C@@H](N)c1nc2cc(F)ccc2[nH]1. The first-order valence-electron chi connectivity index (χ1n) is 4.07. The average Bonchev–Trinajstić information content (AvgIpc) is 2.46. The predicted molar refractivity (Wildman–Crippen MR) is 48.7 cm³/mol. The molecule has 1 heterocycles. The quantitative estimate of drug-likeness (QED) is 0.700. The first-order chi connectivity index (χ1) is 6.16. The lowest BCUT2D eigenvalue weighted by atomic mass is 10.3. The van der Waals surface area contributed by atoms with Gasteiger partial charge in [0.15, 0.2) is 0 Å². The molecule has 0 aliphatic heterocycles. The Balaban J connectivity index is 2.62. The van der Waals surface area contributed by atoms with Crippen molar-refractivity contribution in [3.05, 3.63) is 29.8 Å². The highest BCUT2D eigenvalue weighted by atomic mass is 19.1. The molecule has 0 spiro atoms. The normalized spacial score (nSPS) is 13.5. The molecular formula is C9H10FN3. The number of fused-ring (bicyclic) bond motifs is 1. The first kappa shape index (κ1) is 8.19. The number of nitrogens with two attached hydrogens (primary N) is 1. The Hall–Kier alpha value is -1.42. The third-order valence-corrected chi connectivity index (χ3v) is 1.89. The van der Waals surface area contributed by atoms with Gasteiger partial charge < -0.3 is 10.7 Å². The van der Waals surface area contributed by atoms with E-state index < -0.39 is 0 Å². The Morgan fingerprint density at radius 3 is 3.00 bits per heavy atom. The van der Waals surface area contributed by atoms with E-state index in [0.29, 0.717) is 11.3 Å². The van der Waals surface area contributed by atoms with Crippen LogP contribution in [-0.4, -0.2) is 9.97 Å². The van der Waals surface area contributed by atoms with Crippen LogP contribution in [-0.2, 0) is 0 Å². The molecule has 0 bridgehead atoms. The van der Waals surface area contributed by atoms with Gasteiger partial charge in [0.05, 0.1) is 17.1 Å². The van der Waals surface area contributed by atoms with Crippen molar-refractivity contribution in [2.45, 2.75) is 13.0 Å². The maximum absolute atomic E-state index is 12.8. The van der Waals surface area contributed by atoms with Crippen molar-refractivity contribution in [3.63, 3.8) is 0 Å². The molecule has 68 valence electrons. The number of aromatic nitrogens is 2. The van der Waals surface area contributed by atoms with Crippen molar-refractivity contribution in [1.82, 2.24) is 9.97 Å². The standard InChI is InChI=1S/C9H10FN3/c1-5(11)9-12-7-3-2-6(10)4-8(7)13-9/h2-5H,11H2,1H3,(H,12,13)/t5-/m1/s1. The third-order valence-electron chi connectivity index (χ3n) is 1.89. The minimum atomic E-state index is -0.282. The number of H-pyrrole nitrogens is 1. The zero-order valence-corrected chi connectivity index (χ0v) is 7.21. The van der Waals surface area contributed by atoms with E-state index in [0.717, 1.165) is 5.52 Å². The summed E-state index contributed by atoms with van der Waals surface area (Å²) in [6.07, 6.45) is 0. The molecule has 4 heteroatoms. The van der Waals surface area contributed by atoms with Gasteiger partial charge in [0.2, 0.25) is 0 Å². The number of aromatic amines is 1. The highest BCUT2D eigenvalue weighted by molar-refractivity contribution is 5.75. The lowest BCUT2D eigenvalue weighted by Crippen LogP contribution is -2.06. The van der Waals surface area contributed by atoms with E-state index in [1.807, 2.05) is 6.92 Å². The summed E-state index contributed by atoms with van der Waals surface area (Å²) in [6, 6.07) is 4.28. The Morgan fingerprint density at radius 2 is 2.31 bits per heavy atom. The van der Waals surface area contributed by atoms with E-state index in [1.54, 1.807) is 6.07 Å². The van der Waals surface area contributed by atoms with Crippen molar-refractivity contribution >= 4 is 11.0 Å². The molecule has 0 unspecified atom stereocenters. The fourth-order valence-corrected chi connectivity index (χ4v) is 1.21. The van der Waals surface area contributed by atoms with Gasteiger partial charge in [-0.05, 0) is 19.1 Å². The molecule has 2 aromatic rings. The molecule has 0 radical (unpaired) electrons. The molecule has 1 atom stereocenters. The maximum atomic E-state index is 12.8. The van der Waals surface area contributed by atoms with Gasteiger partial charge >= 0.3 is 0 Å². The van der Waals surface area contributed by atoms with Crippen LogP contribution < -0.4 is 5.73 Å². The summed E-state index contributed by atoms with van der Waals surface area (Å²) in [6.45, 7) is 1.83. The molecule has 0 aliphatic carbocycles. The zero-order valence-electron chi connectivity index (χ0n) is 7.21. The molecule has 0 aliphatic rings. The molecular weight excluding hydrogens is 169 g/mol. The maximum Gasteiger partial charge on any atom is 0.125 e. The van der Waals surface area contributed by atoms with Gasteiger partial charge in [0, 0.05) is 6.07 Å². The predicted octanol–water partition coefficient (Wildman–Crippen LogP) is 1.72. The summed E-state index contributed by atoms with van der Waals surface area (Å²) in [5.41, 5.74) is 7.06. The number of nitrogens with zero attached hydrogens (tertiary/aromatic N) is 1. The summed E-state index contributed by atoms with van der Waals surface area (Å²) in [4.78, 5) is 7.17. The summed E-state index contributed by atoms with van der Waals surface area (Å²) in [5, 5.41) is 0. The lowest BCUT2D eigenvalue weighted by molar-refractivity contribution is 0.629. The van der Waals surface area contributed by atoms with Gasteiger partial charge in [0.1, 0.15) is 11.6 Å². The number of hydrogen-bond donors (Lipinski definition) is 2. The van der Waals surface area contributed by atoms with E-state index in [9.17, 15) is 4.39 Å². The van der Waals surface area contributed by atoms with E-state index in [-0.39, 0.29) is 11.9 Å². The average molecular weight is 179 g/mol. The molecule has 13 heavy (non-hydrogen) atoms. The van der Waals surface area contributed by atoms with Crippen LogP contribution in [0.1, 0.15) is 18.8 Å². The van der Waals surface area contributed by atoms with Crippen LogP contribution in [0, 0.1) is 5.82 Å². The van der Waals surface area contributed by atoms with Gasteiger partial charge in [-0.25, -0.2) is 9.37 Å². The first-order valence-corrected chi connectivity index (χ1v) is 4.07. The summed E-state index contributed by atoms with van der Waals surface area (Å²) >= 11 is 0. The number of hydrogen-bond acceptors (Lipinski definition) is 2. The molecule has 0 amide bonds. The van der Waals surface area contributed by atoms with E-state index >= 15 is 0 Å². The summed E-state index contributed by atoms with van der Waals surface area (Å²) in [7, 11) is 0. The van der Waals surface area contributed by atoms with E-state index in [2.05, 4.69) is 9.97 Å². The van der Waals surface area contributed by atoms with Crippen LogP contribution >= 0.6 is 0 Å². The van der Waals surface area contributed by atoms with Crippen LogP contribution in [0.5, 0.6) is 0 Å². The van der Waals surface area contributed by atoms with Crippen molar-refractivity contribution < 1.29 is 4.39 Å². The van der Waals surface area contributed by atoms with Crippen LogP contribution in [0.3, 0.4) is 0 Å². The number of imidazole rings is 1. The second kappa shape index (κ2) is 2.81. The molecule has 3 nitrogen and oxygen atoms in total. The van der Waals surface area contributed by atoms with Crippen LogP contribution in [0.25, 0.3) is 11.0 Å². The van der Waals surface area contributed by atoms with Crippen LogP contribution in [0.15, 0.2) is 18.2 Å². The van der Waals surface area contributed by atoms with Crippen LogP contribution in [0.2, 0.25) is 0 Å². The van der Waals surface area contributed by atoms with Gasteiger partial charge in [-0.1, -0.05) is 0 Å². The minimum Gasteiger partial charge on any atom is -0.341 e. The minimum absolute atomic E-state index is 0.157. The molecule has 0 fully saturated rings. The van der Waals surface area contributed by atoms with Crippen molar-refractivity contribution in [2.24, 2.45) is 5.73 Å². The Bertz CT molecular complexity index is 433. The summed E-state index contributed by atoms with van der Waals surface area (Å²) < 4.78 is 12.8. The van der Waals surface area contributed by atoms with Gasteiger partial charge in [-0.2, -0.15) is 0 Å². The molecule has 1 aromatic heterocycles. The van der Waals surface area contributed by atoms with E-state index in [4.69, 9.17) is 5.73 Å². The smallest absolute Gasteiger partial charge is 0.125 e. The van der Waals surface area contributed by atoms with Crippen molar-refractivity contribution in [1.29, 1.82) is 0 Å². The van der Waals surface area contributed by atoms with E-state index in [1.165, 1.54) is 12.1 Å². The lowest BCUT2D eigenvalue weighted by Gasteiger charge is -1.96. The van der Waals surface area contributed by atoms with Crippen LogP contribution in [0.4, 0.5) is 4.39 Å². The third kappa shape index (κ3) is 1.40. The topological polar surface area (TPSA) is 54.7 Å². The zero-order chi connectivity index (χ0) is 9.42. The number of benzene rings is 1. The number of halogens is 1. The highest BCUT2D eigenvalue weighted by Gasteiger charge is 2.06. The fourth-order valence-electron chi connectivity index (χ4n) is 1.21. The second-order valence-electron chi connectivity index (χ2n) is 3.07. The molecule has 0 saturated heterocycles. The fraction of sp³-hybridized carbons (Fsp3) is 0.222. The highest BCUT2D eigenvalue weighted by Crippen LogP contribution is 2.15. The number of rotatable bonds is 1. The van der Waals surface area contributed by atoms with Crippen molar-refractivity contribution in [2.75, 3.05) is 0 Å². The molecule has 0 saturated carbocycles. The Kier molecular flexibility index (Phi) is 1.77. The van der Waals surface area contributed by atoms with Gasteiger partial charge in [-0.15, -0.1) is 0 Å². The second-order valence-corrected chi connectivity index (χ2v) is 3.07. The largest absolute Gasteiger partial charge is 0.341 e.